The van der Waals surface area contributed by atoms with Crippen molar-refractivity contribution in [1.82, 2.24) is 15.1 Å². The summed E-state index contributed by atoms with van der Waals surface area (Å²) in [6.07, 6.45) is 2.23. The molecule has 1 atom stereocenters. The number of aromatic nitrogens is 2. The molecule has 1 aliphatic heterocycles. The van der Waals surface area contributed by atoms with Gasteiger partial charge in [0.25, 0.3) is 5.56 Å². The summed E-state index contributed by atoms with van der Waals surface area (Å²) in [6.45, 7) is 0.778. The minimum atomic E-state index is -0.223. The van der Waals surface area contributed by atoms with Crippen LogP contribution in [0.4, 0.5) is 0 Å². The first-order valence-corrected chi connectivity index (χ1v) is 8.96. The highest BCUT2D eigenvalue weighted by Gasteiger charge is 2.30. The van der Waals surface area contributed by atoms with Gasteiger partial charge in [-0.05, 0) is 41.3 Å². The van der Waals surface area contributed by atoms with Crippen molar-refractivity contribution in [2.24, 2.45) is 0 Å². The van der Waals surface area contributed by atoms with Crippen molar-refractivity contribution < 1.29 is 4.79 Å². The summed E-state index contributed by atoms with van der Waals surface area (Å²) in [4.78, 5) is 26.7. The normalized spacial score (nSPS) is 17.5. The van der Waals surface area contributed by atoms with Crippen LogP contribution in [-0.4, -0.2) is 27.5 Å². The zero-order chi connectivity index (χ0) is 16.5. The number of hydrogen-bond donors (Lipinski definition) is 1. The van der Waals surface area contributed by atoms with Gasteiger partial charge in [0.1, 0.15) is 0 Å². The maximum atomic E-state index is 12.8. The fraction of sp³-hybridized carbons (Fsp3) is 0.278. The molecule has 6 heteroatoms. The van der Waals surface area contributed by atoms with E-state index in [9.17, 15) is 9.59 Å². The van der Waals surface area contributed by atoms with Gasteiger partial charge in [-0.1, -0.05) is 18.2 Å². The number of rotatable bonds is 3. The molecule has 1 fully saturated rings. The Hall–Kier alpha value is -2.47. The minimum absolute atomic E-state index is 0.0633. The average Bonchev–Trinajstić information content (AvgIpc) is 3.28. The Morgan fingerprint density at radius 3 is 2.92 bits per heavy atom. The lowest BCUT2D eigenvalue weighted by atomic mass is 10.1. The molecular formula is C18H17N3O2S. The third-order valence-electron chi connectivity index (χ3n) is 4.59. The van der Waals surface area contributed by atoms with Crippen molar-refractivity contribution in [2.45, 2.75) is 25.3 Å². The molecule has 3 heterocycles. The first-order chi connectivity index (χ1) is 11.7. The summed E-state index contributed by atoms with van der Waals surface area (Å²) in [6, 6.07) is 9.54. The number of carbonyl (C=O) groups is 1. The molecule has 1 amide bonds. The van der Waals surface area contributed by atoms with Crippen molar-refractivity contribution in [3.63, 3.8) is 0 Å². The first kappa shape index (κ1) is 15.1. The van der Waals surface area contributed by atoms with Crippen LogP contribution >= 0.6 is 11.3 Å². The van der Waals surface area contributed by atoms with E-state index in [1.165, 1.54) is 5.56 Å². The largest absolute Gasteiger partial charge is 0.335 e. The highest BCUT2D eigenvalue weighted by Crippen LogP contribution is 2.33. The average molecular weight is 339 g/mol. The first-order valence-electron chi connectivity index (χ1n) is 8.02. The third-order valence-corrected chi connectivity index (χ3v) is 5.30. The molecule has 0 bridgehead atoms. The molecule has 122 valence electrons. The number of thiophene rings is 1. The molecule has 0 saturated carbocycles. The van der Waals surface area contributed by atoms with Crippen LogP contribution in [0.25, 0.3) is 10.8 Å². The molecule has 1 N–H and O–H groups in total. The highest BCUT2D eigenvalue weighted by molar-refractivity contribution is 7.08. The van der Waals surface area contributed by atoms with Crippen molar-refractivity contribution >= 4 is 28.0 Å². The molecule has 0 aliphatic carbocycles. The Morgan fingerprint density at radius 1 is 1.29 bits per heavy atom. The van der Waals surface area contributed by atoms with E-state index < -0.39 is 0 Å². The molecule has 1 saturated heterocycles. The third kappa shape index (κ3) is 2.63. The van der Waals surface area contributed by atoms with Gasteiger partial charge in [-0.3, -0.25) is 9.59 Å². The maximum Gasteiger partial charge on any atom is 0.272 e. The lowest BCUT2D eigenvalue weighted by Crippen LogP contribution is -2.32. The van der Waals surface area contributed by atoms with Gasteiger partial charge in [-0.25, -0.2) is 5.10 Å². The van der Waals surface area contributed by atoms with E-state index in [4.69, 9.17) is 0 Å². The smallest absolute Gasteiger partial charge is 0.272 e. The number of benzene rings is 1. The van der Waals surface area contributed by atoms with E-state index >= 15 is 0 Å². The molecule has 3 aromatic rings. The van der Waals surface area contributed by atoms with Crippen molar-refractivity contribution in [1.29, 1.82) is 0 Å². The van der Waals surface area contributed by atoms with Gasteiger partial charge in [-0.15, -0.1) is 0 Å². The second-order valence-corrected chi connectivity index (χ2v) is 6.80. The van der Waals surface area contributed by atoms with Crippen LogP contribution in [0.1, 0.15) is 30.1 Å². The molecular weight excluding hydrogens is 322 g/mol. The van der Waals surface area contributed by atoms with Crippen LogP contribution in [0.2, 0.25) is 0 Å². The Morgan fingerprint density at radius 2 is 2.12 bits per heavy atom. The molecule has 1 aromatic carbocycles. The van der Waals surface area contributed by atoms with Crippen LogP contribution in [-0.2, 0) is 11.2 Å². The van der Waals surface area contributed by atoms with Gasteiger partial charge in [-0.2, -0.15) is 16.4 Å². The monoisotopic (exact) mass is 339 g/mol. The van der Waals surface area contributed by atoms with Crippen molar-refractivity contribution in [2.75, 3.05) is 6.54 Å². The van der Waals surface area contributed by atoms with E-state index in [2.05, 4.69) is 21.6 Å². The number of carbonyl (C=O) groups excluding carboxylic acids is 1. The molecule has 0 radical (unpaired) electrons. The van der Waals surface area contributed by atoms with E-state index in [1.54, 1.807) is 17.4 Å². The standard InChI is InChI=1S/C18H17N3O2S/c22-17(21-8-3-6-16(21)12-7-9-24-11-12)10-15-13-4-1-2-5-14(13)18(23)20-19-15/h1-2,4-5,7,9,11,16H,3,6,8,10H2,(H,20,23)/t16-/m1/s1. The Kier molecular flexibility index (Phi) is 3.90. The van der Waals surface area contributed by atoms with Gasteiger partial charge in [0, 0.05) is 11.9 Å². The lowest BCUT2D eigenvalue weighted by Gasteiger charge is -2.24. The van der Waals surface area contributed by atoms with Crippen LogP contribution in [0.15, 0.2) is 45.9 Å². The van der Waals surface area contributed by atoms with Crippen LogP contribution in [0.3, 0.4) is 0 Å². The van der Waals surface area contributed by atoms with E-state index in [1.807, 2.05) is 28.5 Å². The Labute approximate surface area is 142 Å². The minimum Gasteiger partial charge on any atom is -0.335 e. The maximum absolute atomic E-state index is 12.8. The van der Waals surface area contributed by atoms with Gasteiger partial charge in [0.05, 0.1) is 23.5 Å². The van der Waals surface area contributed by atoms with Crippen molar-refractivity contribution in [3.05, 3.63) is 62.7 Å². The number of hydrogen-bond acceptors (Lipinski definition) is 4. The topological polar surface area (TPSA) is 66.1 Å². The number of aromatic amines is 1. The summed E-state index contributed by atoms with van der Waals surface area (Å²) in [5, 5.41) is 12.1. The number of nitrogens with zero attached hydrogens (tertiary/aromatic N) is 2. The van der Waals surface area contributed by atoms with Gasteiger partial charge in [0.15, 0.2) is 0 Å². The summed E-state index contributed by atoms with van der Waals surface area (Å²) < 4.78 is 0. The number of fused-ring (bicyclic) bond motifs is 1. The fourth-order valence-corrected chi connectivity index (χ4v) is 4.13. The van der Waals surface area contributed by atoms with Crippen LogP contribution < -0.4 is 5.56 Å². The molecule has 1 aliphatic rings. The second kappa shape index (κ2) is 6.20. The number of amides is 1. The van der Waals surface area contributed by atoms with Crippen LogP contribution in [0.5, 0.6) is 0 Å². The van der Waals surface area contributed by atoms with Crippen LogP contribution in [0, 0.1) is 0 Å². The zero-order valence-electron chi connectivity index (χ0n) is 13.1. The quantitative estimate of drug-likeness (QED) is 0.798. The Bertz CT molecular complexity index is 933. The van der Waals surface area contributed by atoms with Gasteiger partial charge >= 0.3 is 0 Å². The van der Waals surface area contributed by atoms with E-state index in [0.29, 0.717) is 11.1 Å². The predicted octanol–water partition coefficient (Wildman–Crippen LogP) is 2.89. The molecule has 2 aromatic heterocycles. The van der Waals surface area contributed by atoms with Crippen molar-refractivity contribution in [3.8, 4) is 0 Å². The lowest BCUT2D eigenvalue weighted by molar-refractivity contribution is -0.131. The second-order valence-electron chi connectivity index (χ2n) is 6.02. The fourth-order valence-electron chi connectivity index (χ4n) is 3.43. The summed E-state index contributed by atoms with van der Waals surface area (Å²) in [7, 11) is 0. The molecule has 24 heavy (non-hydrogen) atoms. The van der Waals surface area contributed by atoms with E-state index in [-0.39, 0.29) is 23.9 Å². The number of H-pyrrole nitrogens is 1. The zero-order valence-corrected chi connectivity index (χ0v) is 13.9. The molecule has 0 unspecified atom stereocenters. The summed E-state index contributed by atoms with van der Waals surface area (Å²) >= 11 is 1.66. The molecule has 4 rings (SSSR count). The molecule has 0 spiro atoms. The predicted molar refractivity (Wildman–Crippen MR) is 94.1 cm³/mol. The highest BCUT2D eigenvalue weighted by atomic mass is 32.1. The molecule has 5 nitrogen and oxygen atoms in total. The summed E-state index contributed by atoms with van der Waals surface area (Å²) in [5.74, 6) is 0.0633. The van der Waals surface area contributed by atoms with Gasteiger partial charge in [0.2, 0.25) is 5.91 Å². The summed E-state index contributed by atoms with van der Waals surface area (Å²) in [5.41, 5.74) is 1.62. The SMILES string of the molecule is O=C(Cc1n[nH]c(=O)c2ccccc12)N1CCC[C@@H]1c1ccsc1. The van der Waals surface area contributed by atoms with E-state index in [0.717, 1.165) is 24.8 Å². The number of likely N-dealkylation sites (tertiary alicyclic amines) is 1. The number of nitrogens with one attached hydrogen (secondary N) is 1. The Balaban J connectivity index is 1.63. The van der Waals surface area contributed by atoms with Gasteiger partial charge < -0.3 is 4.90 Å².